The van der Waals surface area contributed by atoms with Gasteiger partial charge in [-0.3, -0.25) is 10.1 Å². The highest BCUT2D eigenvalue weighted by Gasteiger charge is 2.14. The van der Waals surface area contributed by atoms with Crippen LogP contribution in [0.15, 0.2) is 36.4 Å². The maximum Gasteiger partial charge on any atom is 0.293 e. The molecular formula is C15H12ClN3O2. The molecule has 106 valence electrons. The molecule has 1 N–H and O–H groups in total. The van der Waals surface area contributed by atoms with Crippen molar-refractivity contribution in [2.24, 2.45) is 0 Å². The summed E-state index contributed by atoms with van der Waals surface area (Å²) in [6.45, 7) is 2.32. The molecule has 2 aromatic carbocycles. The highest BCUT2D eigenvalue weighted by molar-refractivity contribution is 6.31. The molecule has 0 unspecified atom stereocenters. The van der Waals surface area contributed by atoms with Gasteiger partial charge in [0.15, 0.2) is 0 Å². The average molecular weight is 302 g/mol. The molecular weight excluding hydrogens is 290 g/mol. The SMILES string of the molecule is Cc1ccc(CNc2ccc(C#N)cc2[N+](=O)[O-])cc1Cl. The van der Waals surface area contributed by atoms with Crippen molar-refractivity contribution in [1.29, 1.82) is 5.26 Å². The number of nitro groups is 1. The molecule has 0 aliphatic heterocycles. The Hall–Kier alpha value is -2.58. The van der Waals surface area contributed by atoms with Crippen LogP contribution in [0.5, 0.6) is 0 Å². The molecule has 0 atom stereocenters. The van der Waals surface area contributed by atoms with E-state index >= 15 is 0 Å². The van der Waals surface area contributed by atoms with Crippen LogP contribution in [-0.4, -0.2) is 4.92 Å². The van der Waals surface area contributed by atoms with Gasteiger partial charge in [-0.25, -0.2) is 0 Å². The first-order valence-electron chi connectivity index (χ1n) is 6.18. The highest BCUT2D eigenvalue weighted by Crippen LogP contribution is 2.26. The van der Waals surface area contributed by atoms with Gasteiger partial charge in [0.1, 0.15) is 5.69 Å². The van der Waals surface area contributed by atoms with Crippen molar-refractivity contribution < 1.29 is 4.92 Å². The van der Waals surface area contributed by atoms with E-state index in [9.17, 15) is 10.1 Å². The second kappa shape index (κ2) is 6.25. The number of hydrogen-bond donors (Lipinski definition) is 1. The molecule has 6 heteroatoms. The zero-order valence-corrected chi connectivity index (χ0v) is 12.0. The quantitative estimate of drug-likeness (QED) is 0.682. The molecule has 2 aromatic rings. The molecule has 0 bridgehead atoms. The monoisotopic (exact) mass is 301 g/mol. The summed E-state index contributed by atoms with van der Waals surface area (Å²) < 4.78 is 0. The molecule has 0 heterocycles. The van der Waals surface area contributed by atoms with Crippen molar-refractivity contribution >= 4 is 23.0 Å². The fraction of sp³-hybridized carbons (Fsp3) is 0.133. The standard InChI is InChI=1S/C15H12ClN3O2/c1-10-2-3-12(6-13(10)16)9-18-14-5-4-11(8-17)7-15(14)19(20)21/h2-7,18H,9H2,1H3. The zero-order valence-electron chi connectivity index (χ0n) is 11.3. The van der Waals surface area contributed by atoms with Gasteiger partial charge in [-0.1, -0.05) is 23.7 Å². The predicted octanol–water partition coefficient (Wildman–Crippen LogP) is 4.04. The van der Waals surface area contributed by atoms with Gasteiger partial charge in [-0.2, -0.15) is 5.26 Å². The van der Waals surface area contributed by atoms with E-state index in [4.69, 9.17) is 16.9 Å². The number of benzene rings is 2. The summed E-state index contributed by atoms with van der Waals surface area (Å²) in [5, 5.41) is 23.5. The minimum Gasteiger partial charge on any atom is -0.375 e. The predicted molar refractivity (Wildman–Crippen MR) is 81.3 cm³/mol. The fourth-order valence-corrected chi connectivity index (χ4v) is 2.05. The first-order chi connectivity index (χ1) is 10.0. The molecule has 5 nitrogen and oxygen atoms in total. The van der Waals surface area contributed by atoms with Gasteiger partial charge < -0.3 is 5.32 Å². The molecule has 0 saturated carbocycles. The third-order valence-electron chi connectivity index (χ3n) is 3.04. The minimum atomic E-state index is -0.509. The maximum absolute atomic E-state index is 11.0. The third kappa shape index (κ3) is 3.50. The summed E-state index contributed by atoms with van der Waals surface area (Å²) in [6.07, 6.45) is 0. The summed E-state index contributed by atoms with van der Waals surface area (Å²) in [5.41, 5.74) is 2.41. The second-order valence-corrected chi connectivity index (χ2v) is 4.95. The van der Waals surface area contributed by atoms with Crippen molar-refractivity contribution in [3.05, 3.63) is 68.2 Å². The lowest BCUT2D eigenvalue weighted by Gasteiger charge is -2.08. The summed E-state index contributed by atoms with van der Waals surface area (Å²) >= 11 is 6.04. The van der Waals surface area contributed by atoms with Gasteiger partial charge in [0, 0.05) is 17.6 Å². The van der Waals surface area contributed by atoms with E-state index < -0.39 is 4.92 Å². The van der Waals surface area contributed by atoms with E-state index in [0.29, 0.717) is 17.3 Å². The highest BCUT2D eigenvalue weighted by atomic mass is 35.5. The first-order valence-corrected chi connectivity index (χ1v) is 6.56. The molecule has 2 rings (SSSR count). The number of nitrogens with one attached hydrogen (secondary N) is 1. The van der Waals surface area contributed by atoms with Crippen molar-refractivity contribution in [2.45, 2.75) is 13.5 Å². The lowest BCUT2D eigenvalue weighted by atomic mass is 10.1. The van der Waals surface area contributed by atoms with Crippen LogP contribution in [0.4, 0.5) is 11.4 Å². The van der Waals surface area contributed by atoms with Crippen LogP contribution in [0.25, 0.3) is 0 Å². The van der Waals surface area contributed by atoms with Crippen LogP contribution in [0.1, 0.15) is 16.7 Å². The number of halogens is 1. The molecule has 0 fully saturated rings. The fourth-order valence-electron chi connectivity index (χ4n) is 1.85. The van der Waals surface area contributed by atoms with Gasteiger partial charge in [0.25, 0.3) is 5.69 Å². The van der Waals surface area contributed by atoms with E-state index in [2.05, 4.69) is 5.32 Å². The maximum atomic E-state index is 11.0. The van der Waals surface area contributed by atoms with Gasteiger partial charge in [-0.05, 0) is 36.2 Å². The Morgan fingerprint density at radius 1 is 1.33 bits per heavy atom. The van der Waals surface area contributed by atoms with E-state index in [1.165, 1.54) is 18.2 Å². The van der Waals surface area contributed by atoms with Crippen molar-refractivity contribution in [3.63, 3.8) is 0 Å². The normalized spacial score (nSPS) is 9.95. The van der Waals surface area contributed by atoms with E-state index in [-0.39, 0.29) is 11.3 Å². The Balaban J connectivity index is 2.21. The Labute approximate surface area is 126 Å². The van der Waals surface area contributed by atoms with Gasteiger partial charge in [-0.15, -0.1) is 0 Å². The van der Waals surface area contributed by atoms with E-state index in [1.807, 2.05) is 31.2 Å². The lowest BCUT2D eigenvalue weighted by molar-refractivity contribution is -0.384. The van der Waals surface area contributed by atoms with Crippen LogP contribution in [0.3, 0.4) is 0 Å². The summed E-state index contributed by atoms with van der Waals surface area (Å²) in [4.78, 5) is 10.5. The topological polar surface area (TPSA) is 79.0 Å². The molecule has 0 aliphatic rings. The second-order valence-electron chi connectivity index (χ2n) is 4.54. The number of rotatable bonds is 4. The number of nitrogens with zero attached hydrogens (tertiary/aromatic N) is 2. The number of anilines is 1. The van der Waals surface area contributed by atoms with Crippen LogP contribution >= 0.6 is 11.6 Å². The first kappa shape index (κ1) is 14.8. The average Bonchev–Trinajstić information content (AvgIpc) is 2.48. The Bertz CT molecular complexity index is 738. The zero-order chi connectivity index (χ0) is 15.4. The molecule has 0 spiro atoms. The molecule has 0 aromatic heterocycles. The van der Waals surface area contributed by atoms with Crippen LogP contribution < -0.4 is 5.32 Å². The number of aryl methyl sites for hydroxylation is 1. The third-order valence-corrected chi connectivity index (χ3v) is 3.45. The molecule has 0 amide bonds. The lowest BCUT2D eigenvalue weighted by Crippen LogP contribution is -2.03. The smallest absolute Gasteiger partial charge is 0.293 e. The molecule has 0 saturated heterocycles. The number of hydrogen-bond acceptors (Lipinski definition) is 4. The minimum absolute atomic E-state index is 0.118. The van der Waals surface area contributed by atoms with Crippen LogP contribution in [0, 0.1) is 28.4 Å². The summed E-state index contributed by atoms with van der Waals surface area (Å²) in [5.74, 6) is 0. The largest absolute Gasteiger partial charge is 0.375 e. The van der Waals surface area contributed by atoms with Crippen LogP contribution in [-0.2, 0) is 6.54 Å². The van der Waals surface area contributed by atoms with Crippen molar-refractivity contribution in [1.82, 2.24) is 0 Å². The Kier molecular flexibility index (Phi) is 4.41. The van der Waals surface area contributed by atoms with Gasteiger partial charge >= 0.3 is 0 Å². The molecule has 21 heavy (non-hydrogen) atoms. The van der Waals surface area contributed by atoms with Gasteiger partial charge in [0.2, 0.25) is 0 Å². The summed E-state index contributed by atoms with van der Waals surface area (Å²) in [7, 11) is 0. The van der Waals surface area contributed by atoms with E-state index in [1.54, 1.807) is 0 Å². The Morgan fingerprint density at radius 2 is 2.10 bits per heavy atom. The van der Waals surface area contributed by atoms with Gasteiger partial charge in [0.05, 0.1) is 16.6 Å². The van der Waals surface area contributed by atoms with Crippen molar-refractivity contribution in [3.8, 4) is 6.07 Å². The van der Waals surface area contributed by atoms with Crippen molar-refractivity contribution in [2.75, 3.05) is 5.32 Å². The molecule has 0 aliphatic carbocycles. The van der Waals surface area contributed by atoms with E-state index in [0.717, 1.165) is 11.1 Å². The number of nitro benzene ring substituents is 1. The van der Waals surface area contributed by atoms with Crippen LogP contribution in [0.2, 0.25) is 5.02 Å². The summed E-state index contributed by atoms with van der Waals surface area (Å²) in [6, 6.07) is 11.8. The number of nitriles is 1. The molecule has 0 radical (unpaired) electrons. The Morgan fingerprint density at radius 3 is 2.71 bits per heavy atom.